The van der Waals surface area contributed by atoms with Crippen LogP contribution in [0.2, 0.25) is 0 Å². The minimum Gasteiger partial charge on any atom is -0.462 e. The lowest BCUT2D eigenvalue weighted by Gasteiger charge is -2.30. The lowest BCUT2D eigenvalue weighted by molar-refractivity contribution is -0.132. The lowest BCUT2D eigenvalue weighted by atomic mass is 9.96. The molecule has 6 heteroatoms. The van der Waals surface area contributed by atoms with Gasteiger partial charge in [-0.1, -0.05) is 0 Å². The Bertz CT molecular complexity index is 571. The highest BCUT2D eigenvalue weighted by Gasteiger charge is 2.26. The Morgan fingerprint density at radius 2 is 2.12 bits per heavy atom. The third kappa shape index (κ3) is 5.53. The highest BCUT2D eigenvalue weighted by molar-refractivity contribution is 5.91. The maximum Gasteiger partial charge on any atom is 0.246 e. The van der Waals surface area contributed by atoms with Crippen LogP contribution in [-0.4, -0.2) is 50.1 Å². The third-order valence-corrected chi connectivity index (χ3v) is 4.15. The largest absolute Gasteiger partial charge is 0.462 e. The van der Waals surface area contributed by atoms with Crippen molar-refractivity contribution in [3.8, 4) is 0 Å². The van der Waals surface area contributed by atoms with E-state index < -0.39 is 0 Å². The molecule has 0 saturated carbocycles. The average molecular weight is 334 g/mol. The van der Waals surface area contributed by atoms with Crippen LogP contribution in [0.25, 0.3) is 6.08 Å². The highest BCUT2D eigenvalue weighted by Crippen LogP contribution is 2.18. The van der Waals surface area contributed by atoms with Crippen molar-refractivity contribution in [3.05, 3.63) is 29.7 Å². The van der Waals surface area contributed by atoms with E-state index >= 15 is 0 Å². The molecule has 132 valence electrons. The molecule has 1 aromatic rings. The minimum atomic E-state index is -0.0389. The van der Waals surface area contributed by atoms with E-state index in [4.69, 9.17) is 9.15 Å². The van der Waals surface area contributed by atoms with Gasteiger partial charge in [-0.3, -0.25) is 9.59 Å². The number of amides is 2. The van der Waals surface area contributed by atoms with Gasteiger partial charge in [0, 0.05) is 45.3 Å². The zero-order valence-corrected chi connectivity index (χ0v) is 14.4. The van der Waals surface area contributed by atoms with Crippen LogP contribution in [0.3, 0.4) is 0 Å². The first kappa shape index (κ1) is 18.3. The van der Waals surface area contributed by atoms with Gasteiger partial charge in [0.05, 0.1) is 0 Å². The van der Waals surface area contributed by atoms with Crippen molar-refractivity contribution in [2.75, 3.05) is 33.4 Å². The molecule has 2 amide bonds. The van der Waals surface area contributed by atoms with Gasteiger partial charge in [0.2, 0.25) is 11.8 Å². The second-order valence-electron chi connectivity index (χ2n) is 6.02. The molecule has 1 aliphatic heterocycles. The molecule has 0 bridgehead atoms. The zero-order valence-electron chi connectivity index (χ0n) is 14.4. The van der Waals surface area contributed by atoms with Crippen LogP contribution in [0.4, 0.5) is 0 Å². The van der Waals surface area contributed by atoms with Crippen molar-refractivity contribution < 1.29 is 18.7 Å². The molecule has 0 aromatic carbocycles. The molecule has 2 heterocycles. The molecule has 6 nitrogen and oxygen atoms in total. The fourth-order valence-electron chi connectivity index (χ4n) is 2.74. The Labute approximate surface area is 142 Å². The standard InChI is InChI=1S/C18H26N2O4/c1-14-4-5-16(24-14)6-7-17(21)20-11-8-15(9-12-20)18(22)19-10-3-13-23-2/h4-7,15H,3,8-13H2,1-2H3,(H,19,22). The summed E-state index contributed by atoms with van der Waals surface area (Å²) in [5.41, 5.74) is 0. The van der Waals surface area contributed by atoms with E-state index in [1.165, 1.54) is 6.08 Å². The van der Waals surface area contributed by atoms with Crippen LogP contribution >= 0.6 is 0 Å². The molecule has 0 unspecified atom stereocenters. The monoisotopic (exact) mass is 334 g/mol. The van der Waals surface area contributed by atoms with Gasteiger partial charge >= 0.3 is 0 Å². The second-order valence-corrected chi connectivity index (χ2v) is 6.02. The topological polar surface area (TPSA) is 71.8 Å². The molecule has 0 spiro atoms. The van der Waals surface area contributed by atoms with Crippen molar-refractivity contribution in [1.82, 2.24) is 10.2 Å². The average Bonchev–Trinajstić information content (AvgIpc) is 3.02. The van der Waals surface area contributed by atoms with Gasteiger partial charge in [0.1, 0.15) is 11.5 Å². The number of aryl methyl sites for hydroxylation is 1. The molecule has 2 rings (SSSR count). The summed E-state index contributed by atoms with van der Waals surface area (Å²) in [4.78, 5) is 26.0. The number of likely N-dealkylation sites (tertiary alicyclic amines) is 1. The van der Waals surface area contributed by atoms with Gasteiger partial charge in [-0.2, -0.15) is 0 Å². The molecule has 0 atom stereocenters. The second kappa shape index (κ2) is 9.27. The van der Waals surface area contributed by atoms with Gasteiger partial charge in [0.25, 0.3) is 0 Å². The first-order valence-corrected chi connectivity index (χ1v) is 8.40. The van der Waals surface area contributed by atoms with Gasteiger partial charge in [-0.25, -0.2) is 0 Å². The third-order valence-electron chi connectivity index (χ3n) is 4.15. The summed E-state index contributed by atoms with van der Waals surface area (Å²) in [7, 11) is 1.65. The van der Waals surface area contributed by atoms with E-state index in [2.05, 4.69) is 5.32 Å². The Morgan fingerprint density at radius 1 is 1.38 bits per heavy atom. The fraction of sp³-hybridized carbons (Fsp3) is 0.556. The van der Waals surface area contributed by atoms with Crippen LogP contribution < -0.4 is 5.32 Å². The van der Waals surface area contributed by atoms with E-state index in [-0.39, 0.29) is 17.7 Å². The summed E-state index contributed by atoms with van der Waals surface area (Å²) in [5.74, 6) is 1.53. The summed E-state index contributed by atoms with van der Waals surface area (Å²) in [6.07, 6.45) is 5.44. The fourth-order valence-corrected chi connectivity index (χ4v) is 2.74. The Balaban J connectivity index is 1.72. The van der Waals surface area contributed by atoms with Crippen molar-refractivity contribution in [2.24, 2.45) is 5.92 Å². The van der Waals surface area contributed by atoms with Crippen molar-refractivity contribution in [1.29, 1.82) is 0 Å². The number of nitrogens with one attached hydrogen (secondary N) is 1. The lowest BCUT2D eigenvalue weighted by Crippen LogP contribution is -2.42. The predicted octanol–water partition coefficient (Wildman–Crippen LogP) is 1.99. The summed E-state index contributed by atoms with van der Waals surface area (Å²) >= 11 is 0. The van der Waals surface area contributed by atoms with E-state index in [1.807, 2.05) is 19.1 Å². The van der Waals surface area contributed by atoms with Crippen LogP contribution in [-0.2, 0) is 14.3 Å². The molecular weight excluding hydrogens is 308 g/mol. The maximum atomic E-state index is 12.2. The minimum absolute atomic E-state index is 0.00621. The van der Waals surface area contributed by atoms with E-state index in [1.54, 1.807) is 18.1 Å². The van der Waals surface area contributed by atoms with Gasteiger partial charge in [-0.15, -0.1) is 0 Å². The molecule has 1 fully saturated rings. The Hall–Kier alpha value is -2.08. The van der Waals surface area contributed by atoms with Crippen LogP contribution in [0.5, 0.6) is 0 Å². The quantitative estimate of drug-likeness (QED) is 0.611. The van der Waals surface area contributed by atoms with Crippen LogP contribution in [0.1, 0.15) is 30.8 Å². The number of nitrogens with zero attached hydrogens (tertiary/aromatic N) is 1. The molecule has 1 aromatic heterocycles. The highest BCUT2D eigenvalue weighted by atomic mass is 16.5. The molecular formula is C18H26N2O4. The number of carbonyl (C=O) groups is 2. The molecule has 0 aliphatic carbocycles. The van der Waals surface area contributed by atoms with Crippen LogP contribution in [0, 0.1) is 12.8 Å². The number of carbonyl (C=O) groups excluding carboxylic acids is 2. The van der Waals surface area contributed by atoms with Gasteiger partial charge in [-0.05, 0) is 44.4 Å². The number of methoxy groups -OCH3 is 1. The van der Waals surface area contributed by atoms with E-state index in [0.29, 0.717) is 44.8 Å². The van der Waals surface area contributed by atoms with Crippen molar-refractivity contribution in [3.63, 3.8) is 0 Å². The number of hydrogen-bond donors (Lipinski definition) is 1. The van der Waals surface area contributed by atoms with E-state index in [9.17, 15) is 9.59 Å². The zero-order chi connectivity index (χ0) is 17.4. The molecule has 24 heavy (non-hydrogen) atoms. The molecule has 0 radical (unpaired) electrons. The first-order valence-electron chi connectivity index (χ1n) is 8.40. The number of piperidine rings is 1. The number of ether oxygens (including phenoxy) is 1. The predicted molar refractivity (Wildman–Crippen MR) is 91.3 cm³/mol. The number of furan rings is 1. The van der Waals surface area contributed by atoms with Crippen molar-refractivity contribution in [2.45, 2.75) is 26.2 Å². The SMILES string of the molecule is COCCCNC(=O)C1CCN(C(=O)C=Cc2ccc(C)o2)CC1. The summed E-state index contributed by atoms with van der Waals surface area (Å²) in [5, 5.41) is 2.93. The Morgan fingerprint density at radius 3 is 2.75 bits per heavy atom. The smallest absolute Gasteiger partial charge is 0.246 e. The van der Waals surface area contributed by atoms with E-state index in [0.717, 1.165) is 12.2 Å². The van der Waals surface area contributed by atoms with Crippen molar-refractivity contribution >= 4 is 17.9 Å². The first-order chi connectivity index (χ1) is 11.6. The Kier molecular flexibility index (Phi) is 7.06. The molecule has 1 saturated heterocycles. The summed E-state index contributed by atoms with van der Waals surface area (Å²) < 4.78 is 10.4. The van der Waals surface area contributed by atoms with Gasteiger partial charge < -0.3 is 19.4 Å². The molecule has 1 aliphatic rings. The number of hydrogen-bond acceptors (Lipinski definition) is 4. The van der Waals surface area contributed by atoms with Crippen LogP contribution in [0.15, 0.2) is 22.6 Å². The number of rotatable bonds is 7. The van der Waals surface area contributed by atoms with Gasteiger partial charge in [0.15, 0.2) is 0 Å². The normalized spacial score (nSPS) is 15.8. The summed E-state index contributed by atoms with van der Waals surface area (Å²) in [6.45, 7) is 4.36. The molecule has 1 N–H and O–H groups in total. The summed E-state index contributed by atoms with van der Waals surface area (Å²) in [6, 6.07) is 3.69. The maximum absolute atomic E-state index is 12.2.